The highest BCUT2D eigenvalue weighted by atomic mass is 16.6. The van der Waals surface area contributed by atoms with Crippen LogP contribution < -0.4 is 0 Å². The van der Waals surface area contributed by atoms with Crippen molar-refractivity contribution >= 4 is 29.2 Å². The van der Waals surface area contributed by atoms with Gasteiger partial charge in [-0.25, -0.2) is 4.79 Å². The fraction of sp³-hybridized carbons (Fsp3) is 0.736. The lowest BCUT2D eigenvalue weighted by molar-refractivity contribution is -0.265. The minimum atomic E-state index is -2.41. The Morgan fingerprint density at radius 1 is 0.870 bits per heavy atom. The molecule has 69 heavy (non-hydrogen) atoms. The molecule has 2 bridgehead atoms. The summed E-state index contributed by atoms with van der Waals surface area (Å²) in [5.74, 6) is -7.29. The van der Waals surface area contributed by atoms with Gasteiger partial charge in [0, 0.05) is 64.4 Å². The zero-order valence-corrected chi connectivity index (χ0v) is 43.1. The van der Waals surface area contributed by atoms with Crippen molar-refractivity contribution in [2.75, 3.05) is 27.9 Å². The number of hydrogen-bond donors (Lipinski definition) is 1. The summed E-state index contributed by atoms with van der Waals surface area (Å²) in [5.41, 5.74) is 1.74. The first-order chi connectivity index (χ1) is 32.8. The van der Waals surface area contributed by atoms with Gasteiger partial charge in [-0.3, -0.25) is 19.2 Å². The molecule has 5 rings (SSSR count). The Balaban J connectivity index is 1.46. The van der Waals surface area contributed by atoms with Crippen molar-refractivity contribution in [3.8, 4) is 0 Å². The van der Waals surface area contributed by atoms with E-state index in [4.69, 9.17) is 23.7 Å². The molecule has 2 saturated heterocycles. The standard InChI is InChI=1S/C53H81N5O11/c1-32-17-13-12-14-18-33(2)45(65-9)29-41-22-20-38(7)53(64,69-41)50(61)51(62)57-24-16-15-19-43(57)52(63)68-46(36(5)27-40-21-23-42(47(28-40)66-10)58-55-31-54-56-58)30-44(59)35(4)26-34(3)39(8)49(67-11)48(60)37(6)25-32/h12-14,17-18,26,31-32,35-43,45-47,49,64H,15-16,19-25,27-30H2,1-11H3/t32-,35-,36-,37-,38-,39-,40+,41?,42+,43?,45+,46+,47-,49-,53-/m1/s1. The zero-order valence-electron chi connectivity index (χ0n) is 43.1. The van der Waals surface area contributed by atoms with Crippen LogP contribution in [0.25, 0.3) is 0 Å². The number of aromatic nitrogens is 4. The highest BCUT2D eigenvalue weighted by Gasteiger charge is 2.53. The monoisotopic (exact) mass is 964 g/mol. The third kappa shape index (κ3) is 14.2. The summed E-state index contributed by atoms with van der Waals surface area (Å²) in [5, 5.41) is 24.3. The van der Waals surface area contributed by atoms with E-state index in [0.29, 0.717) is 51.4 Å². The molecular weight excluding hydrogens is 883 g/mol. The van der Waals surface area contributed by atoms with E-state index in [1.807, 2.05) is 71.9 Å². The van der Waals surface area contributed by atoms with Crippen molar-refractivity contribution in [2.24, 2.45) is 41.4 Å². The number of fused-ring (bicyclic) bond motifs is 3. The predicted octanol–water partition coefficient (Wildman–Crippen LogP) is 7.32. The van der Waals surface area contributed by atoms with E-state index in [-0.39, 0.29) is 72.7 Å². The molecule has 3 aliphatic heterocycles. The lowest BCUT2D eigenvalue weighted by atomic mass is 9.77. The first-order valence-corrected chi connectivity index (χ1v) is 25.4. The number of nitrogens with zero attached hydrogens (tertiary/aromatic N) is 5. The van der Waals surface area contributed by atoms with E-state index in [1.54, 1.807) is 33.0 Å². The van der Waals surface area contributed by atoms with Crippen LogP contribution in [0.2, 0.25) is 0 Å². The Morgan fingerprint density at radius 3 is 2.30 bits per heavy atom. The van der Waals surface area contributed by atoms with Gasteiger partial charge in [0.05, 0.1) is 24.4 Å². The second-order valence-electron chi connectivity index (χ2n) is 20.7. The molecule has 4 aliphatic rings. The Morgan fingerprint density at radius 2 is 1.62 bits per heavy atom. The minimum Gasteiger partial charge on any atom is -0.460 e. The number of esters is 1. The number of ether oxygens (including phenoxy) is 5. The molecule has 3 fully saturated rings. The van der Waals surface area contributed by atoms with E-state index in [1.165, 1.54) is 11.2 Å². The Bertz CT molecular complexity index is 2020. The Hall–Kier alpha value is -4.22. The molecule has 1 saturated carbocycles. The molecule has 16 nitrogen and oxygen atoms in total. The van der Waals surface area contributed by atoms with Gasteiger partial charge in [0.2, 0.25) is 5.79 Å². The van der Waals surface area contributed by atoms with Gasteiger partial charge in [0.1, 0.15) is 24.0 Å². The maximum absolute atomic E-state index is 14.5. The average molecular weight is 964 g/mol. The number of carbonyl (C=O) groups excluding carboxylic acids is 5. The number of Topliss-reactive ketones (excluding diaryl/α,β-unsaturated/α-hetero) is 3. The molecule has 1 aromatic heterocycles. The highest BCUT2D eigenvalue weighted by Crippen LogP contribution is 2.39. The number of aliphatic hydroxyl groups is 1. The van der Waals surface area contributed by atoms with E-state index in [0.717, 1.165) is 24.0 Å². The van der Waals surface area contributed by atoms with Crippen molar-refractivity contribution in [1.82, 2.24) is 25.1 Å². The molecule has 1 aromatic rings. The first-order valence-electron chi connectivity index (χ1n) is 25.4. The van der Waals surface area contributed by atoms with Crippen molar-refractivity contribution in [3.63, 3.8) is 0 Å². The summed E-state index contributed by atoms with van der Waals surface area (Å²) in [4.78, 5) is 74.2. The summed E-state index contributed by atoms with van der Waals surface area (Å²) in [6.45, 7) is 15.4. The second kappa shape index (κ2) is 25.8. The maximum atomic E-state index is 14.5. The number of tetrazole rings is 1. The minimum absolute atomic E-state index is 0.00414. The van der Waals surface area contributed by atoms with Gasteiger partial charge in [0.25, 0.3) is 11.7 Å². The van der Waals surface area contributed by atoms with Gasteiger partial charge in [-0.2, -0.15) is 4.80 Å². The quantitative estimate of drug-likeness (QED) is 0.162. The number of hydrogen-bond acceptors (Lipinski definition) is 14. The van der Waals surface area contributed by atoms with Gasteiger partial charge in [-0.1, -0.05) is 83.6 Å². The lowest BCUT2D eigenvalue weighted by Gasteiger charge is -2.42. The zero-order chi connectivity index (χ0) is 50.6. The first kappa shape index (κ1) is 55.7. The Kier molecular flexibility index (Phi) is 20.8. The van der Waals surface area contributed by atoms with Crippen LogP contribution >= 0.6 is 0 Å². The average Bonchev–Trinajstić information content (AvgIpc) is 3.88. The fourth-order valence-corrected chi connectivity index (χ4v) is 10.9. The lowest BCUT2D eigenvalue weighted by Crippen LogP contribution is -2.61. The van der Waals surface area contributed by atoms with Crippen molar-refractivity contribution in [2.45, 2.75) is 181 Å². The molecule has 16 heteroatoms. The van der Waals surface area contributed by atoms with E-state index >= 15 is 0 Å². The molecule has 0 aromatic carbocycles. The molecule has 384 valence electrons. The van der Waals surface area contributed by atoms with Gasteiger partial charge in [-0.15, -0.1) is 10.2 Å². The molecule has 4 heterocycles. The highest BCUT2D eigenvalue weighted by molar-refractivity contribution is 6.39. The Labute approximate surface area is 410 Å². The molecule has 1 amide bonds. The number of rotatable bonds is 7. The summed E-state index contributed by atoms with van der Waals surface area (Å²) < 4.78 is 30.2. The van der Waals surface area contributed by atoms with Crippen LogP contribution in [0.3, 0.4) is 0 Å². The molecule has 1 aliphatic carbocycles. The summed E-state index contributed by atoms with van der Waals surface area (Å²) >= 11 is 0. The van der Waals surface area contributed by atoms with E-state index in [9.17, 15) is 29.1 Å². The third-order valence-electron chi connectivity index (χ3n) is 15.6. The van der Waals surface area contributed by atoms with Crippen molar-refractivity contribution in [3.05, 3.63) is 53.9 Å². The summed E-state index contributed by atoms with van der Waals surface area (Å²) in [6.07, 6.45) is 16.4. The van der Waals surface area contributed by atoms with Crippen molar-refractivity contribution in [1.29, 1.82) is 0 Å². The maximum Gasteiger partial charge on any atom is 0.329 e. The molecule has 2 unspecified atom stereocenters. The second-order valence-corrected chi connectivity index (χ2v) is 20.7. The van der Waals surface area contributed by atoms with Gasteiger partial charge < -0.3 is 33.7 Å². The van der Waals surface area contributed by atoms with Crippen LogP contribution in [0, 0.1) is 41.4 Å². The number of methoxy groups -OCH3 is 3. The van der Waals surface area contributed by atoms with Crippen LogP contribution in [0.5, 0.6) is 0 Å². The smallest absolute Gasteiger partial charge is 0.329 e. The molecule has 1 N–H and O–H groups in total. The molecular formula is C53H81N5O11. The van der Waals surface area contributed by atoms with E-state index < -0.39 is 65.7 Å². The number of cyclic esters (lactones) is 1. The van der Waals surface area contributed by atoms with Crippen LogP contribution in [-0.2, 0) is 47.7 Å². The number of amides is 1. The molecule has 0 radical (unpaired) electrons. The number of piperidine rings is 1. The normalized spacial score (nSPS) is 36.3. The summed E-state index contributed by atoms with van der Waals surface area (Å²) in [6, 6.07) is -1.19. The van der Waals surface area contributed by atoms with Crippen molar-refractivity contribution < 1.29 is 52.8 Å². The fourth-order valence-electron chi connectivity index (χ4n) is 10.9. The number of carbonyl (C=O) groups is 5. The summed E-state index contributed by atoms with van der Waals surface area (Å²) in [7, 11) is 4.81. The van der Waals surface area contributed by atoms with E-state index in [2.05, 4.69) is 28.4 Å². The van der Waals surface area contributed by atoms with Crippen LogP contribution in [0.4, 0.5) is 0 Å². The molecule has 0 spiro atoms. The van der Waals surface area contributed by atoms with Crippen LogP contribution in [0.15, 0.2) is 53.9 Å². The van der Waals surface area contributed by atoms with Gasteiger partial charge in [-0.05, 0) is 107 Å². The SMILES string of the molecule is CO[C@H]1CC2CC[C@@H](C)[C@@](O)(O2)C(=O)C(=O)N2CCCCC2C(=O)O[C@H]([C@H](C)C[C@@H]2CC[C@H](n3ncnn3)[C@H](OC)C2)CC(=O)[C@H](C)C=C(C)[C@@H](C)[C@@H](OC)C(=O)[C@H](C)C[C@H](C)C=CC=CC=C1C. The van der Waals surface area contributed by atoms with Crippen LogP contribution in [0.1, 0.15) is 138 Å². The third-order valence-corrected chi connectivity index (χ3v) is 15.6. The van der Waals surface area contributed by atoms with Gasteiger partial charge in [0.15, 0.2) is 12.1 Å². The number of allylic oxidation sites excluding steroid dienone is 6. The largest absolute Gasteiger partial charge is 0.460 e. The van der Waals surface area contributed by atoms with Crippen LogP contribution in [-0.4, -0.2) is 130 Å². The molecule has 15 atom stereocenters. The van der Waals surface area contributed by atoms with Gasteiger partial charge >= 0.3 is 5.97 Å². The predicted molar refractivity (Wildman–Crippen MR) is 259 cm³/mol. The number of ketones is 3. The topological polar surface area (TPSA) is 199 Å².